The number of nitrogens with zero attached hydrogens (tertiary/aromatic N) is 3. The second kappa shape index (κ2) is 13.6. The van der Waals surface area contributed by atoms with Gasteiger partial charge in [-0.2, -0.15) is 13.6 Å². The van der Waals surface area contributed by atoms with Crippen molar-refractivity contribution in [2.24, 2.45) is 5.41 Å². The van der Waals surface area contributed by atoms with E-state index in [1.807, 2.05) is 20.8 Å². The molecule has 3 heterocycles. The van der Waals surface area contributed by atoms with Crippen LogP contribution in [0.2, 0.25) is 0 Å². The monoisotopic (exact) mass is 727 g/mol. The predicted molar refractivity (Wildman–Crippen MR) is 159 cm³/mol. The Morgan fingerprint density at radius 3 is 2.45 bits per heavy atom. The molecule has 6 atom stereocenters. The molecule has 3 aromatic rings. The first kappa shape index (κ1) is 37.0. The molecule has 2 unspecified atom stereocenters. The Hall–Kier alpha value is -2.87. The molecule has 4 rings (SSSR count). The third-order valence-corrected chi connectivity index (χ3v) is 10.5. The average Bonchev–Trinajstić information content (AvgIpc) is 3.44. The largest absolute Gasteiger partial charge is 0.490 e. The Morgan fingerprint density at radius 2 is 1.83 bits per heavy atom. The molecule has 1 saturated heterocycles. The van der Waals surface area contributed by atoms with E-state index in [0.29, 0.717) is 5.56 Å². The number of aromatic amines is 1. The summed E-state index contributed by atoms with van der Waals surface area (Å²) in [5.74, 6) is -0.260. The molecule has 0 bridgehead atoms. The lowest BCUT2D eigenvalue weighted by atomic mass is 9.84. The zero-order valence-electron chi connectivity index (χ0n) is 24.8. The number of nitrogens with one attached hydrogen (secondary N) is 1. The second-order valence-corrected chi connectivity index (χ2v) is 15.8. The summed E-state index contributed by atoms with van der Waals surface area (Å²) in [6.07, 6.45) is -3.40. The van der Waals surface area contributed by atoms with E-state index in [-0.39, 0.29) is 41.3 Å². The number of phosphoric acid groups is 3. The first-order valence-electron chi connectivity index (χ1n) is 13.4. The average molecular weight is 727 g/mol. The van der Waals surface area contributed by atoms with Crippen molar-refractivity contribution in [2.45, 2.75) is 58.3 Å². The molecule has 260 valence electrons. The number of fused-ring (bicyclic) bond motifs is 1. The zero-order valence-corrected chi connectivity index (χ0v) is 27.5. The summed E-state index contributed by atoms with van der Waals surface area (Å²) in [4.78, 5) is 67.2. The molecule has 1 aliphatic rings. The van der Waals surface area contributed by atoms with E-state index in [4.69, 9.17) is 25.0 Å². The number of ether oxygens (including phenoxy) is 2. The molecule has 47 heavy (non-hydrogen) atoms. The van der Waals surface area contributed by atoms with Gasteiger partial charge in [-0.3, -0.25) is 24.4 Å². The van der Waals surface area contributed by atoms with Crippen LogP contribution >= 0.6 is 23.5 Å². The quantitative estimate of drug-likeness (QED) is 0.0755. The predicted octanol–water partition coefficient (Wildman–Crippen LogP) is 2.51. The van der Waals surface area contributed by atoms with E-state index in [0.717, 1.165) is 0 Å². The highest BCUT2D eigenvalue weighted by atomic mass is 31.3. The minimum atomic E-state index is -5.76. The lowest BCUT2D eigenvalue weighted by Gasteiger charge is -2.30. The van der Waals surface area contributed by atoms with Crippen molar-refractivity contribution < 1.29 is 65.9 Å². The minimum absolute atomic E-state index is 0.00795. The maximum absolute atomic E-state index is 13.0. The molecule has 0 aliphatic carbocycles. The number of nitrogen functional groups attached to an aromatic ring is 1. The van der Waals surface area contributed by atoms with Crippen LogP contribution in [0.25, 0.3) is 11.0 Å². The fraction of sp³-hybridized carbons (Fsp3) is 0.478. The number of H-pyrrole nitrogens is 1. The highest BCUT2D eigenvalue weighted by Gasteiger charge is 2.43. The second-order valence-electron chi connectivity index (χ2n) is 11.4. The van der Waals surface area contributed by atoms with Gasteiger partial charge in [-0.15, -0.1) is 0 Å². The van der Waals surface area contributed by atoms with Gasteiger partial charge in [-0.1, -0.05) is 32.9 Å². The number of nitro groups is 1. The lowest BCUT2D eigenvalue weighted by molar-refractivity contribution is -0.386. The van der Waals surface area contributed by atoms with Crippen molar-refractivity contribution in [1.29, 1.82) is 0 Å². The fourth-order valence-electron chi connectivity index (χ4n) is 4.94. The molecule has 0 spiro atoms. The molecule has 0 amide bonds. The van der Waals surface area contributed by atoms with Gasteiger partial charge >= 0.3 is 23.5 Å². The molecule has 1 fully saturated rings. The normalized spacial score (nSPS) is 22.2. The maximum Gasteiger partial charge on any atom is 0.490 e. The number of anilines is 1. The smallest absolute Gasteiger partial charge is 0.390 e. The maximum atomic E-state index is 13.0. The number of aliphatic hydroxyl groups excluding tert-OH is 1. The summed E-state index contributed by atoms with van der Waals surface area (Å²) in [5.41, 5.74) is 4.93. The van der Waals surface area contributed by atoms with E-state index in [2.05, 4.69) is 23.1 Å². The van der Waals surface area contributed by atoms with Gasteiger partial charge in [0.1, 0.15) is 12.3 Å². The van der Waals surface area contributed by atoms with E-state index in [1.165, 1.54) is 22.9 Å². The molecular formula is C23H32N5O16P3. The number of para-hydroxylation sites is 1. The lowest BCUT2D eigenvalue weighted by Crippen LogP contribution is -2.26. The molecule has 1 aromatic carbocycles. The minimum Gasteiger partial charge on any atom is -0.390 e. The third-order valence-electron chi connectivity index (χ3n) is 6.72. The molecule has 21 nitrogen and oxygen atoms in total. The van der Waals surface area contributed by atoms with Crippen LogP contribution in [0.15, 0.2) is 35.3 Å². The van der Waals surface area contributed by atoms with E-state index >= 15 is 0 Å². The topological polar surface area (TPSA) is 318 Å². The van der Waals surface area contributed by atoms with Crippen molar-refractivity contribution in [2.75, 3.05) is 12.3 Å². The number of nitro benzene ring substituents is 1. The summed E-state index contributed by atoms with van der Waals surface area (Å²) < 4.78 is 59.8. The summed E-state index contributed by atoms with van der Waals surface area (Å²) >= 11 is 0. The van der Waals surface area contributed by atoms with Crippen molar-refractivity contribution >= 4 is 46.1 Å². The summed E-state index contributed by atoms with van der Waals surface area (Å²) in [5, 5.41) is 22.4. The van der Waals surface area contributed by atoms with Gasteiger partial charge < -0.3 is 44.5 Å². The van der Waals surface area contributed by atoms with Crippen LogP contribution in [0.3, 0.4) is 0 Å². The summed E-state index contributed by atoms with van der Waals surface area (Å²) in [6.45, 7) is 4.31. The fourth-order valence-corrected chi connectivity index (χ4v) is 7.97. The Labute approximate surface area is 264 Å². The van der Waals surface area contributed by atoms with Crippen LogP contribution in [0.4, 0.5) is 11.6 Å². The molecule has 0 saturated carbocycles. The van der Waals surface area contributed by atoms with Crippen LogP contribution in [-0.4, -0.2) is 63.0 Å². The highest BCUT2D eigenvalue weighted by Crippen LogP contribution is 2.66. The molecule has 2 aromatic heterocycles. The third kappa shape index (κ3) is 9.18. The Bertz CT molecular complexity index is 1850. The Balaban J connectivity index is 1.58. The number of rotatable bonds is 13. The molecule has 1 aliphatic heterocycles. The Kier molecular flexibility index (Phi) is 10.7. The van der Waals surface area contributed by atoms with E-state index in [9.17, 15) is 43.5 Å². The van der Waals surface area contributed by atoms with Crippen LogP contribution in [-0.2, 0) is 42.9 Å². The molecule has 24 heteroatoms. The first-order chi connectivity index (χ1) is 21.6. The van der Waals surface area contributed by atoms with Gasteiger partial charge in [-0.25, -0.2) is 13.7 Å². The van der Waals surface area contributed by atoms with Crippen molar-refractivity contribution in [1.82, 2.24) is 14.5 Å². The Morgan fingerprint density at radius 1 is 1.17 bits per heavy atom. The van der Waals surface area contributed by atoms with Crippen molar-refractivity contribution in [3.05, 3.63) is 62.1 Å². The van der Waals surface area contributed by atoms with Gasteiger partial charge in [0.25, 0.3) is 11.2 Å². The molecule has 8 N–H and O–H groups in total. The van der Waals surface area contributed by atoms with Gasteiger partial charge in [-0.05, 0) is 11.5 Å². The number of hydrogen-bond donors (Lipinski definition) is 7. The number of hydrogen-bond acceptors (Lipinski definition) is 14. The number of aromatic nitrogens is 3. The van der Waals surface area contributed by atoms with Crippen LogP contribution in [0.5, 0.6) is 0 Å². The number of phosphoric ester groups is 1. The van der Waals surface area contributed by atoms with Crippen molar-refractivity contribution in [3.63, 3.8) is 0 Å². The first-order valence-corrected chi connectivity index (χ1v) is 17.9. The number of aliphatic hydroxyl groups is 1. The molecular weight excluding hydrogens is 695 g/mol. The van der Waals surface area contributed by atoms with Gasteiger partial charge in [0.05, 0.1) is 41.3 Å². The zero-order chi connectivity index (χ0) is 35.1. The van der Waals surface area contributed by atoms with Gasteiger partial charge in [0, 0.05) is 24.2 Å². The van der Waals surface area contributed by atoms with Crippen LogP contribution in [0, 0.1) is 15.5 Å². The van der Waals surface area contributed by atoms with Crippen LogP contribution in [0.1, 0.15) is 50.7 Å². The summed E-state index contributed by atoms with van der Waals surface area (Å²) in [7, 11) is -16.9. The number of nitrogens with two attached hydrogens (primary N) is 1. The van der Waals surface area contributed by atoms with Crippen molar-refractivity contribution in [3.8, 4) is 0 Å². The summed E-state index contributed by atoms with van der Waals surface area (Å²) in [6, 6.07) is 6.08. The van der Waals surface area contributed by atoms with E-state index in [1.54, 1.807) is 12.1 Å². The number of benzene rings is 1. The van der Waals surface area contributed by atoms with Gasteiger partial charge in [0.2, 0.25) is 5.95 Å². The molecule has 0 radical (unpaired) electrons. The SMILES string of the molecule is CC(C)(C)[C@H](OCc1cn([C@H]2C[C@@H](O)[C@@H](COP(=O)(O)OP(=O)(O)OP(=O)(O)O)O2)c2nc(N)[nH]c(=O)c12)c1ccccc1[N+](=O)[O-]. The van der Waals surface area contributed by atoms with Gasteiger partial charge in [0.15, 0.2) is 5.65 Å². The highest BCUT2D eigenvalue weighted by molar-refractivity contribution is 7.66. The van der Waals surface area contributed by atoms with E-state index < -0.39 is 70.5 Å². The van der Waals surface area contributed by atoms with Crippen LogP contribution < -0.4 is 11.3 Å². The standard InChI is InChI=1S/C23H32N5O16P3/c1-23(2,3)19(13-6-4-5-7-14(13)28(31)32)40-10-12-9-27(20-18(12)21(30)26-22(24)25-20)17-8-15(29)16(42-17)11-41-46(36,37)44-47(38,39)43-45(33,34)35/h4-7,9,15-17,19,29H,8,10-11H2,1-3H3,(H,36,37)(H,38,39)(H2,33,34,35)(H3,24,25,26,30)/t15-,16-,17-,19-/m1/s1.